The lowest BCUT2D eigenvalue weighted by Crippen LogP contribution is -2.09. The van der Waals surface area contributed by atoms with Crippen LogP contribution in [-0.4, -0.2) is 4.98 Å². The highest BCUT2D eigenvalue weighted by atomic mass is 19.1. The maximum absolute atomic E-state index is 13.7. The van der Waals surface area contributed by atoms with Gasteiger partial charge in [0.2, 0.25) is 5.88 Å². The SMILES string of the molecule is C=C(F)/C(Oc1cc(C)c(NN)cn1)=C(F)\C=C/CC. The highest BCUT2D eigenvalue weighted by Crippen LogP contribution is 2.24. The zero-order valence-electron chi connectivity index (χ0n) is 11.4. The number of aryl methyl sites for hydroxylation is 1. The van der Waals surface area contributed by atoms with Gasteiger partial charge < -0.3 is 10.2 Å². The summed E-state index contributed by atoms with van der Waals surface area (Å²) < 4.78 is 32.1. The number of nitrogens with two attached hydrogens (primary N) is 1. The van der Waals surface area contributed by atoms with E-state index in [9.17, 15) is 8.78 Å². The van der Waals surface area contributed by atoms with E-state index in [2.05, 4.69) is 17.0 Å². The van der Waals surface area contributed by atoms with Crippen LogP contribution in [0.2, 0.25) is 0 Å². The van der Waals surface area contributed by atoms with Crippen LogP contribution in [0.3, 0.4) is 0 Å². The van der Waals surface area contributed by atoms with Crippen molar-refractivity contribution in [3.05, 3.63) is 54.0 Å². The Hall–Kier alpha value is -2.21. The number of ether oxygens (including phenoxy) is 1. The molecule has 0 saturated heterocycles. The molecule has 0 aliphatic rings. The van der Waals surface area contributed by atoms with E-state index in [-0.39, 0.29) is 5.88 Å². The number of nitrogens with zero attached hydrogens (tertiary/aromatic N) is 1. The van der Waals surface area contributed by atoms with E-state index < -0.39 is 17.4 Å². The number of rotatable bonds is 6. The summed E-state index contributed by atoms with van der Waals surface area (Å²) in [7, 11) is 0. The first kappa shape index (κ1) is 15.8. The second kappa shape index (κ2) is 7.40. The van der Waals surface area contributed by atoms with Gasteiger partial charge in [0, 0.05) is 6.07 Å². The molecule has 6 heteroatoms. The Bertz CT molecular complexity index is 553. The Labute approximate surface area is 116 Å². The Morgan fingerprint density at radius 1 is 1.55 bits per heavy atom. The van der Waals surface area contributed by atoms with Gasteiger partial charge >= 0.3 is 0 Å². The molecule has 0 aliphatic carbocycles. The van der Waals surface area contributed by atoms with Gasteiger partial charge in [-0.05, 0) is 25.0 Å². The van der Waals surface area contributed by atoms with Crippen LogP contribution in [0.5, 0.6) is 5.88 Å². The molecule has 0 amide bonds. The fourth-order valence-electron chi connectivity index (χ4n) is 1.37. The number of nitrogen functional groups attached to an aromatic ring is 1. The van der Waals surface area contributed by atoms with E-state index >= 15 is 0 Å². The normalized spacial score (nSPS) is 12.2. The number of anilines is 1. The largest absolute Gasteiger partial charge is 0.433 e. The van der Waals surface area contributed by atoms with Crippen molar-refractivity contribution in [2.45, 2.75) is 20.3 Å². The molecule has 1 heterocycles. The fourth-order valence-corrected chi connectivity index (χ4v) is 1.37. The molecule has 0 atom stereocenters. The van der Waals surface area contributed by atoms with Gasteiger partial charge in [-0.2, -0.15) is 0 Å². The van der Waals surface area contributed by atoms with Crippen LogP contribution in [-0.2, 0) is 0 Å². The van der Waals surface area contributed by atoms with Gasteiger partial charge in [0.15, 0.2) is 17.4 Å². The Kier molecular flexibility index (Phi) is 5.86. The molecule has 20 heavy (non-hydrogen) atoms. The monoisotopic (exact) mass is 281 g/mol. The minimum Gasteiger partial charge on any atom is -0.433 e. The number of halogens is 2. The predicted molar refractivity (Wildman–Crippen MR) is 75.2 cm³/mol. The molecule has 3 N–H and O–H groups in total. The van der Waals surface area contributed by atoms with Crippen molar-refractivity contribution in [2.75, 3.05) is 5.43 Å². The standard InChI is InChI=1S/C14H17F2N3O/c1-4-5-6-11(16)14(10(3)15)20-13-7-9(2)12(19-17)8-18-13/h5-8,19H,3-4,17H2,1-2H3/b6-5-,14-11-. The third-order valence-electron chi connectivity index (χ3n) is 2.41. The molecule has 1 aromatic heterocycles. The minimum atomic E-state index is -1.01. The quantitative estimate of drug-likeness (QED) is 0.361. The summed E-state index contributed by atoms with van der Waals surface area (Å²) in [6.07, 6.45) is 4.70. The van der Waals surface area contributed by atoms with Crippen molar-refractivity contribution < 1.29 is 13.5 Å². The summed E-state index contributed by atoms with van der Waals surface area (Å²) in [5, 5.41) is 0. The highest BCUT2D eigenvalue weighted by molar-refractivity contribution is 5.49. The number of nitrogens with one attached hydrogen (secondary N) is 1. The molecular weight excluding hydrogens is 264 g/mol. The molecule has 0 aromatic carbocycles. The number of hydrogen-bond acceptors (Lipinski definition) is 4. The Morgan fingerprint density at radius 2 is 2.25 bits per heavy atom. The van der Waals surface area contributed by atoms with Crippen molar-refractivity contribution in [3.63, 3.8) is 0 Å². The van der Waals surface area contributed by atoms with Gasteiger partial charge in [-0.1, -0.05) is 19.6 Å². The fraction of sp³-hybridized carbons (Fsp3) is 0.214. The van der Waals surface area contributed by atoms with Crippen LogP contribution >= 0.6 is 0 Å². The predicted octanol–water partition coefficient (Wildman–Crippen LogP) is 3.68. The van der Waals surface area contributed by atoms with Gasteiger partial charge in [-0.25, -0.2) is 13.8 Å². The molecule has 1 rings (SSSR count). The number of allylic oxidation sites excluding steroid dienone is 4. The van der Waals surface area contributed by atoms with E-state index in [1.807, 2.05) is 6.92 Å². The van der Waals surface area contributed by atoms with Gasteiger partial charge in [0.25, 0.3) is 0 Å². The summed E-state index contributed by atoms with van der Waals surface area (Å²) in [5.74, 6) is 2.88. The van der Waals surface area contributed by atoms with Gasteiger partial charge in [0.1, 0.15) is 0 Å². The van der Waals surface area contributed by atoms with Crippen LogP contribution in [0.25, 0.3) is 0 Å². The second-order valence-corrected chi connectivity index (χ2v) is 3.98. The van der Waals surface area contributed by atoms with Crippen LogP contribution < -0.4 is 16.0 Å². The number of hydrazine groups is 1. The average molecular weight is 281 g/mol. The van der Waals surface area contributed by atoms with Crippen molar-refractivity contribution in [2.24, 2.45) is 5.84 Å². The van der Waals surface area contributed by atoms with Crippen molar-refractivity contribution >= 4 is 5.69 Å². The number of pyridine rings is 1. The first-order chi connectivity index (χ1) is 9.49. The molecule has 0 bridgehead atoms. The molecule has 108 valence electrons. The summed E-state index contributed by atoms with van der Waals surface area (Å²) in [6.45, 7) is 6.64. The van der Waals surface area contributed by atoms with Crippen LogP contribution in [0.15, 0.2) is 48.4 Å². The summed E-state index contributed by atoms with van der Waals surface area (Å²) in [4.78, 5) is 3.90. The summed E-state index contributed by atoms with van der Waals surface area (Å²) in [5.41, 5.74) is 3.76. The highest BCUT2D eigenvalue weighted by Gasteiger charge is 2.13. The molecule has 0 saturated carbocycles. The zero-order valence-corrected chi connectivity index (χ0v) is 11.4. The lowest BCUT2D eigenvalue weighted by atomic mass is 10.2. The molecule has 0 spiro atoms. The van der Waals surface area contributed by atoms with E-state index in [1.165, 1.54) is 12.3 Å². The van der Waals surface area contributed by atoms with Crippen LogP contribution in [0, 0.1) is 6.92 Å². The molecule has 0 unspecified atom stereocenters. The van der Waals surface area contributed by atoms with Gasteiger partial charge in [-0.15, -0.1) is 0 Å². The number of aromatic nitrogens is 1. The van der Waals surface area contributed by atoms with Crippen LogP contribution in [0.4, 0.5) is 14.5 Å². The third kappa shape index (κ3) is 4.17. The Morgan fingerprint density at radius 3 is 2.75 bits per heavy atom. The lowest BCUT2D eigenvalue weighted by molar-refractivity contribution is 0.370. The van der Waals surface area contributed by atoms with E-state index in [0.717, 1.165) is 11.6 Å². The molecule has 0 aliphatic heterocycles. The van der Waals surface area contributed by atoms with E-state index in [0.29, 0.717) is 12.1 Å². The summed E-state index contributed by atoms with van der Waals surface area (Å²) in [6, 6.07) is 1.51. The topological polar surface area (TPSA) is 60.2 Å². The molecule has 0 radical (unpaired) electrons. The van der Waals surface area contributed by atoms with Gasteiger partial charge in [0.05, 0.1) is 11.9 Å². The van der Waals surface area contributed by atoms with Crippen molar-refractivity contribution in [1.82, 2.24) is 4.98 Å². The maximum Gasteiger partial charge on any atom is 0.219 e. The van der Waals surface area contributed by atoms with Crippen LogP contribution in [0.1, 0.15) is 18.9 Å². The molecule has 0 fully saturated rings. The summed E-state index contributed by atoms with van der Waals surface area (Å²) >= 11 is 0. The van der Waals surface area contributed by atoms with E-state index in [1.54, 1.807) is 13.0 Å². The average Bonchev–Trinajstić information content (AvgIpc) is 2.42. The molecule has 4 nitrogen and oxygen atoms in total. The third-order valence-corrected chi connectivity index (χ3v) is 2.41. The second-order valence-electron chi connectivity index (χ2n) is 3.98. The minimum absolute atomic E-state index is 0.0512. The number of hydrogen-bond donors (Lipinski definition) is 2. The molecular formula is C14H17F2N3O. The maximum atomic E-state index is 13.7. The smallest absolute Gasteiger partial charge is 0.219 e. The molecule has 1 aromatic rings. The first-order valence-corrected chi connectivity index (χ1v) is 6.01. The first-order valence-electron chi connectivity index (χ1n) is 6.01. The van der Waals surface area contributed by atoms with Gasteiger partial charge in [-0.3, -0.25) is 5.84 Å². The van der Waals surface area contributed by atoms with E-state index in [4.69, 9.17) is 10.6 Å². The lowest BCUT2D eigenvalue weighted by Gasteiger charge is -2.10. The van der Waals surface area contributed by atoms with Crippen molar-refractivity contribution in [3.8, 4) is 5.88 Å². The van der Waals surface area contributed by atoms with Crippen molar-refractivity contribution in [1.29, 1.82) is 0 Å². The Balaban J connectivity index is 3.06. The zero-order chi connectivity index (χ0) is 15.1.